The Bertz CT molecular complexity index is 362. The molecule has 6 nitrogen and oxygen atoms in total. The normalized spacial score (nSPS) is 18.9. The van der Waals surface area contributed by atoms with Crippen LogP contribution >= 0.6 is 0 Å². The van der Waals surface area contributed by atoms with Gasteiger partial charge in [-0.1, -0.05) is 12.8 Å². The first-order valence-electron chi connectivity index (χ1n) is 6.20. The maximum absolute atomic E-state index is 12.0. The van der Waals surface area contributed by atoms with E-state index in [1.54, 1.807) is 0 Å². The molecule has 1 atom stereocenters. The van der Waals surface area contributed by atoms with Crippen LogP contribution in [0.1, 0.15) is 38.5 Å². The van der Waals surface area contributed by atoms with Gasteiger partial charge in [-0.05, 0) is 25.7 Å². The molecule has 18 heavy (non-hydrogen) atoms. The Morgan fingerprint density at radius 2 is 2.06 bits per heavy atom. The summed E-state index contributed by atoms with van der Waals surface area (Å²) in [5.74, 6) is -1.13. The first-order chi connectivity index (χ1) is 8.47. The zero-order chi connectivity index (χ0) is 13.6. The van der Waals surface area contributed by atoms with Crippen LogP contribution in [0, 0.1) is 0 Å². The highest BCUT2D eigenvalue weighted by molar-refractivity contribution is 7.90. The SMILES string of the molecule is COCCCC(NS(=O)(=O)C1CCCC1)C(=O)O. The molecule has 7 heteroatoms. The van der Waals surface area contributed by atoms with Gasteiger partial charge in [0.25, 0.3) is 0 Å². The smallest absolute Gasteiger partial charge is 0.321 e. The molecule has 0 spiro atoms. The van der Waals surface area contributed by atoms with Crippen LogP contribution in [0.2, 0.25) is 0 Å². The van der Waals surface area contributed by atoms with Gasteiger partial charge in [-0.25, -0.2) is 13.1 Å². The summed E-state index contributed by atoms with van der Waals surface area (Å²) in [5, 5.41) is 8.58. The van der Waals surface area contributed by atoms with Crippen molar-refractivity contribution in [1.29, 1.82) is 0 Å². The molecule has 1 fully saturated rings. The summed E-state index contributed by atoms with van der Waals surface area (Å²) < 4.78 is 31.1. The molecule has 2 N–H and O–H groups in total. The van der Waals surface area contributed by atoms with Crippen LogP contribution in [-0.2, 0) is 19.6 Å². The maximum atomic E-state index is 12.0. The third-order valence-corrected chi connectivity index (χ3v) is 5.15. The van der Waals surface area contributed by atoms with Crippen molar-refractivity contribution in [2.75, 3.05) is 13.7 Å². The molecular weight excluding hydrogens is 258 g/mol. The zero-order valence-electron chi connectivity index (χ0n) is 10.6. The first kappa shape index (κ1) is 15.4. The Morgan fingerprint density at radius 3 is 2.56 bits per heavy atom. The summed E-state index contributed by atoms with van der Waals surface area (Å²) in [6, 6.07) is -1.05. The standard InChI is InChI=1S/C11H21NO5S/c1-17-8-4-7-10(11(13)14)12-18(15,16)9-5-2-3-6-9/h9-10,12H,2-8H2,1H3,(H,13,14). The Balaban J connectivity index is 2.56. The van der Waals surface area contributed by atoms with E-state index in [2.05, 4.69) is 4.72 Å². The lowest BCUT2D eigenvalue weighted by Crippen LogP contribution is -2.44. The highest BCUT2D eigenvalue weighted by Crippen LogP contribution is 2.24. The van der Waals surface area contributed by atoms with Gasteiger partial charge in [-0.15, -0.1) is 0 Å². The molecule has 1 unspecified atom stereocenters. The second-order valence-electron chi connectivity index (χ2n) is 4.60. The van der Waals surface area contributed by atoms with E-state index in [0.29, 0.717) is 25.9 Å². The number of methoxy groups -OCH3 is 1. The second kappa shape index (κ2) is 7.06. The number of nitrogens with one attached hydrogen (secondary N) is 1. The predicted molar refractivity (Wildman–Crippen MR) is 66.8 cm³/mol. The minimum Gasteiger partial charge on any atom is -0.480 e. The van der Waals surface area contributed by atoms with Crippen LogP contribution in [0.3, 0.4) is 0 Å². The van der Waals surface area contributed by atoms with Gasteiger partial charge in [0.1, 0.15) is 6.04 Å². The van der Waals surface area contributed by atoms with Crippen LogP contribution in [0.4, 0.5) is 0 Å². The molecule has 0 heterocycles. The van der Waals surface area contributed by atoms with Gasteiger partial charge >= 0.3 is 5.97 Å². The van der Waals surface area contributed by atoms with Crippen LogP contribution in [0.5, 0.6) is 0 Å². The Kier molecular flexibility index (Phi) is 6.04. The van der Waals surface area contributed by atoms with Gasteiger partial charge in [0.2, 0.25) is 10.0 Å². The molecule has 0 radical (unpaired) electrons. The van der Waals surface area contributed by atoms with E-state index in [-0.39, 0.29) is 6.42 Å². The molecule has 0 amide bonds. The molecule has 1 aliphatic rings. The second-order valence-corrected chi connectivity index (χ2v) is 6.59. The fourth-order valence-corrected chi connectivity index (χ4v) is 3.92. The van der Waals surface area contributed by atoms with E-state index in [1.165, 1.54) is 7.11 Å². The van der Waals surface area contributed by atoms with Crippen molar-refractivity contribution in [3.63, 3.8) is 0 Å². The Hall–Kier alpha value is -0.660. The molecule has 0 aromatic carbocycles. The molecule has 1 aliphatic carbocycles. The van der Waals surface area contributed by atoms with E-state index in [9.17, 15) is 13.2 Å². The molecular formula is C11H21NO5S. The summed E-state index contributed by atoms with van der Waals surface area (Å²) >= 11 is 0. The number of carboxylic acids is 1. The van der Waals surface area contributed by atoms with Gasteiger partial charge in [-0.2, -0.15) is 0 Å². The van der Waals surface area contributed by atoms with Gasteiger partial charge in [-0.3, -0.25) is 4.79 Å². The van der Waals surface area contributed by atoms with Crippen LogP contribution in [0.15, 0.2) is 0 Å². The van der Waals surface area contributed by atoms with Crippen molar-refractivity contribution >= 4 is 16.0 Å². The lowest BCUT2D eigenvalue weighted by molar-refractivity contribution is -0.139. The Morgan fingerprint density at radius 1 is 1.44 bits per heavy atom. The number of carboxylic acid groups (broad SMARTS) is 1. The summed E-state index contributed by atoms with van der Waals surface area (Å²) in [6.45, 7) is 0.426. The number of hydrogen-bond donors (Lipinski definition) is 2. The number of aliphatic carboxylic acids is 1. The molecule has 1 rings (SSSR count). The maximum Gasteiger partial charge on any atom is 0.321 e. The van der Waals surface area contributed by atoms with Crippen LogP contribution in [-0.4, -0.2) is 44.5 Å². The summed E-state index contributed by atoms with van der Waals surface area (Å²) in [7, 11) is -1.99. The van der Waals surface area contributed by atoms with Gasteiger partial charge in [0, 0.05) is 13.7 Å². The van der Waals surface area contributed by atoms with Gasteiger partial charge in [0.05, 0.1) is 5.25 Å². The third-order valence-electron chi connectivity index (χ3n) is 3.19. The van der Waals surface area contributed by atoms with Crippen molar-refractivity contribution < 1.29 is 23.1 Å². The number of hydrogen-bond acceptors (Lipinski definition) is 4. The van der Waals surface area contributed by atoms with E-state index in [1.807, 2.05) is 0 Å². The molecule has 0 saturated heterocycles. The van der Waals surface area contributed by atoms with Crippen molar-refractivity contribution in [2.24, 2.45) is 0 Å². The van der Waals surface area contributed by atoms with E-state index >= 15 is 0 Å². The van der Waals surface area contributed by atoms with E-state index in [4.69, 9.17) is 9.84 Å². The highest BCUT2D eigenvalue weighted by Gasteiger charge is 2.32. The average molecular weight is 279 g/mol. The van der Waals surface area contributed by atoms with Gasteiger partial charge in [0.15, 0.2) is 0 Å². The molecule has 1 saturated carbocycles. The lowest BCUT2D eigenvalue weighted by Gasteiger charge is -2.17. The third kappa shape index (κ3) is 4.55. The molecule has 0 aromatic heterocycles. The van der Waals surface area contributed by atoms with Crippen molar-refractivity contribution in [1.82, 2.24) is 4.72 Å². The van der Waals surface area contributed by atoms with E-state index < -0.39 is 27.3 Å². The minimum absolute atomic E-state index is 0.245. The molecule has 0 aliphatic heterocycles. The topological polar surface area (TPSA) is 92.7 Å². The first-order valence-corrected chi connectivity index (χ1v) is 7.75. The summed E-state index contributed by atoms with van der Waals surface area (Å²) in [4.78, 5) is 11.0. The van der Waals surface area contributed by atoms with Crippen LogP contribution in [0.25, 0.3) is 0 Å². The molecule has 0 aromatic rings. The van der Waals surface area contributed by atoms with E-state index in [0.717, 1.165) is 12.8 Å². The number of carbonyl (C=O) groups is 1. The Labute approximate surface area is 108 Å². The van der Waals surface area contributed by atoms with Crippen LogP contribution < -0.4 is 4.72 Å². The van der Waals surface area contributed by atoms with Gasteiger partial charge < -0.3 is 9.84 Å². The summed E-state index contributed by atoms with van der Waals surface area (Å²) in [5.41, 5.74) is 0. The fraction of sp³-hybridized carbons (Fsp3) is 0.909. The minimum atomic E-state index is -3.51. The predicted octanol–water partition coefficient (Wildman–Crippen LogP) is 0.728. The zero-order valence-corrected chi connectivity index (χ0v) is 11.4. The number of rotatable bonds is 8. The lowest BCUT2D eigenvalue weighted by atomic mass is 10.2. The average Bonchev–Trinajstić information content (AvgIpc) is 2.81. The monoisotopic (exact) mass is 279 g/mol. The van der Waals surface area contributed by atoms with Crippen molar-refractivity contribution in [3.8, 4) is 0 Å². The number of sulfonamides is 1. The highest BCUT2D eigenvalue weighted by atomic mass is 32.2. The van der Waals surface area contributed by atoms with Crippen molar-refractivity contribution in [2.45, 2.75) is 49.8 Å². The number of ether oxygens (including phenoxy) is 1. The largest absolute Gasteiger partial charge is 0.480 e. The fourth-order valence-electron chi connectivity index (χ4n) is 2.16. The summed E-state index contributed by atoms with van der Waals surface area (Å²) in [6.07, 6.45) is 3.80. The molecule has 0 bridgehead atoms. The molecule has 106 valence electrons. The van der Waals surface area contributed by atoms with Crippen molar-refractivity contribution in [3.05, 3.63) is 0 Å². The quantitative estimate of drug-likeness (QED) is 0.639.